The van der Waals surface area contributed by atoms with Gasteiger partial charge in [0.25, 0.3) is 5.91 Å². The Bertz CT molecular complexity index is 1040. The third-order valence-corrected chi connectivity index (χ3v) is 6.31. The molecule has 0 spiro atoms. The molecule has 0 aliphatic rings. The number of unbranched alkanes of at least 4 members (excludes halogenated alkanes) is 9. The number of nitrogens with zero attached hydrogens (tertiary/aromatic N) is 2. The van der Waals surface area contributed by atoms with Crippen molar-refractivity contribution in [3.8, 4) is 6.07 Å². The molecule has 2 amide bonds. The Labute approximate surface area is 220 Å². The van der Waals surface area contributed by atoms with Gasteiger partial charge in [0.05, 0.1) is 11.6 Å². The maximum Gasteiger partial charge on any atom is 0.394 e. The maximum atomic E-state index is 12.6. The Morgan fingerprint density at radius 2 is 1.43 bits per heavy atom. The number of aliphatic carboxylic acids is 1. The fourth-order valence-corrected chi connectivity index (χ4v) is 4.19. The molecule has 198 valence electrons. The number of nitrogens with one attached hydrogen (secondary N) is 1. The minimum atomic E-state index is -1.54. The summed E-state index contributed by atoms with van der Waals surface area (Å²) < 4.78 is 0. The SMILES string of the molecule is CCCCCCCCCCCCNC(=O)c1cccc(CN(Cc2ccc(C#N)cc2)C(=O)C(=O)O)c1. The van der Waals surface area contributed by atoms with E-state index in [1.165, 1.54) is 56.3 Å². The molecule has 2 aromatic carbocycles. The van der Waals surface area contributed by atoms with Gasteiger partial charge in [-0.05, 0) is 41.8 Å². The van der Waals surface area contributed by atoms with Crippen molar-refractivity contribution >= 4 is 17.8 Å². The summed E-state index contributed by atoms with van der Waals surface area (Å²) in [5, 5.41) is 21.2. The number of hydrogen-bond donors (Lipinski definition) is 2. The summed E-state index contributed by atoms with van der Waals surface area (Å²) in [5.74, 6) is -2.75. The Kier molecular flexibility index (Phi) is 13.5. The molecule has 0 fully saturated rings. The molecule has 7 nitrogen and oxygen atoms in total. The first-order valence-corrected chi connectivity index (χ1v) is 13.3. The van der Waals surface area contributed by atoms with E-state index in [0.717, 1.165) is 12.8 Å². The van der Waals surface area contributed by atoms with Crippen LogP contribution in [0.15, 0.2) is 48.5 Å². The van der Waals surface area contributed by atoms with Crippen molar-refractivity contribution in [1.29, 1.82) is 5.26 Å². The van der Waals surface area contributed by atoms with Gasteiger partial charge < -0.3 is 15.3 Å². The van der Waals surface area contributed by atoms with Crippen molar-refractivity contribution in [1.82, 2.24) is 10.2 Å². The van der Waals surface area contributed by atoms with Crippen molar-refractivity contribution in [3.63, 3.8) is 0 Å². The molecule has 0 aromatic heterocycles. The monoisotopic (exact) mass is 505 g/mol. The van der Waals surface area contributed by atoms with E-state index in [2.05, 4.69) is 12.2 Å². The number of carbonyl (C=O) groups is 3. The molecule has 2 rings (SSSR count). The lowest BCUT2D eigenvalue weighted by molar-refractivity contribution is -0.156. The van der Waals surface area contributed by atoms with E-state index in [4.69, 9.17) is 5.26 Å². The van der Waals surface area contributed by atoms with Gasteiger partial charge in [0.1, 0.15) is 0 Å². The molecule has 7 heteroatoms. The summed E-state index contributed by atoms with van der Waals surface area (Å²) >= 11 is 0. The van der Waals surface area contributed by atoms with Crippen molar-refractivity contribution in [2.45, 2.75) is 84.2 Å². The molecule has 37 heavy (non-hydrogen) atoms. The number of hydrogen-bond acceptors (Lipinski definition) is 4. The minimum absolute atomic E-state index is 0.0463. The van der Waals surface area contributed by atoms with E-state index in [1.54, 1.807) is 48.5 Å². The second kappa shape index (κ2) is 16.9. The number of carboxylic acids is 1. The average molecular weight is 506 g/mol. The van der Waals surface area contributed by atoms with Crippen LogP contribution < -0.4 is 5.32 Å². The largest absolute Gasteiger partial charge is 0.474 e. The average Bonchev–Trinajstić information content (AvgIpc) is 2.91. The van der Waals surface area contributed by atoms with Crippen LogP contribution in [0.5, 0.6) is 0 Å². The zero-order valence-electron chi connectivity index (χ0n) is 21.9. The topological polar surface area (TPSA) is 111 Å². The fraction of sp³-hybridized carbons (Fsp3) is 0.467. The highest BCUT2D eigenvalue weighted by atomic mass is 16.4. The first kappa shape index (κ1) is 29.6. The summed E-state index contributed by atoms with van der Waals surface area (Å²) in [7, 11) is 0. The van der Waals surface area contributed by atoms with Crippen LogP contribution in [0.3, 0.4) is 0 Å². The van der Waals surface area contributed by atoms with Gasteiger partial charge in [-0.15, -0.1) is 0 Å². The van der Waals surface area contributed by atoms with E-state index in [-0.39, 0.29) is 19.0 Å². The van der Waals surface area contributed by atoms with E-state index >= 15 is 0 Å². The van der Waals surface area contributed by atoms with Gasteiger partial charge in [0, 0.05) is 25.2 Å². The Morgan fingerprint density at radius 3 is 2.03 bits per heavy atom. The minimum Gasteiger partial charge on any atom is -0.474 e. The highest BCUT2D eigenvalue weighted by Crippen LogP contribution is 2.14. The highest BCUT2D eigenvalue weighted by molar-refractivity contribution is 6.31. The lowest BCUT2D eigenvalue weighted by Gasteiger charge is -2.21. The zero-order chi connectivity index (χ0) is 26.9. The summed E-state index contributed by atoms with van der Waals surface area (Å²) in [6.45, 7) is 2.97. The number of nitriles is 1. The standard InChI is InChI=1S/C30H39N3O4/c1-2-3-4-5-6-7-8-9-10-11-19-32-28(34)27-14-12-13-26(20-27)23-33(29(35)30(36)37)22-25-17-15-24(21-31)16-18-25/h12-18,20H,2-11,19,22-23H2,1H3,(H,32,34)(H,36,37). The molecule has 2 N–H and O–H groups in total. The van der Waals surface area contributed by atoms with Gasteiger partial charge >= 0.3 is 11.9 Å². The van der Waals surface area contributed by atoms with Crippen LogP contribution in [0.4, 0.5) is 0 Å². The second-order valence-corrected chi connectivity index (χ2v) is 9.41. The van der Waals surface area contributed by atoms with Gasteiger partial charge in [-0.1, -0.05) is 89.0 Å². The lowest BCUT2D eigenvalue weighted by atomic mass is 10.1. The summed E-state index contributed by atoms with van der Waals surface area (Å²) in [6, 6.07) is 15.6. The summed E-state index contributed by atoms with van der Waals surface area (Å²) in [6.07, 6.45) is 12.4. The van der Waals surface area contributed by atoms with Crippen molar-refractivity contribution in [3.05, 3.63) is 70.8 Å². The quantitative estimate of drug-likeness (QED) is 0.220. The van der Waals surface area contributed by atoms with Crippen LogP contribution in [0.1, 0.15) is 98.2 Å². The molecule has 0 saturated heterocycles. The van der Waals surface area contributed by atoms with Gasteiger partial charge in [-0.25, -0.2) is 4.79 Å². The van der Waals surface area contributed by atoms with E-state index in [9.17, 15) is 19.5 Å². The third kappa shape index (κ3) is 11.3. The Balaban J connectivity index is 1.82. The zero-order valence-corrected chi connectivity index (χ0v) is 21.9. The molecular weight excluding hydrogens is 466 g/mol. The van der Waals surface area contributed by atoms with Crippen LogP contribution in [-0.4, -0.2) is 34.3 Å². The summed E-state index contributed by atoms with van der Waals surface area (Å²) in [5.41, 5.74) is 2.33. The molecule has 0 atom stereocenters. The van der Waals surface area contributed by atoms with E-state index < -0.39 is 11.9 Å². The predicted octanol–water partition coefficient (Wildman–Crippen LogP) is 5.82. The van der Waals surface area contributed by atoms with Crippen LogP contribution >= 0.6 is 0 Å². The van der Waals surface area contributed by atoms with Crippen LogP contribution in [0.25, 0.3) is 0 Å². The number of amides is 2. The second-order valence-electron chi connectivity index (χ2n) is 9.41. The number of rotatable bonds is 16. The van der Waals surface area contributed by atoms with Crippen molar-refractivity contribution < 1.29 is 19.5 Å². The molecule has 0 aliphatic carbocycles. The molecule has 0 aliphatic heterocycles. The van der Waals surface area contributed by atoms with E-state index in [0.29, 0.717) is 28.8 Å². The van der Waals surface area contributed by atoms with Gasteiger partial charge in [0.15, 0.2) is 0 Å². The van der Waals surface area contributed by atoms with Crippen LogP contribution in [-0.2, 0) is 22.7 Å². The normalized spacial score (nSPS) is 10.5. The fourth-order valence-electron chi connectivity index (χ4n) is 4.19. The molecule has 0 radical (unpaired) electrons. The van der Waals surface area contributed by atoms with Crippen molar-refractivity contribution in [2.75, 3.05) is 6.54 Å². The molecule has 0 unspecified atom stereocenters. The highest BCUT2D eigenvalue weighted by Gasteiger charge is 2.22. The number of carboxylic acid groups (broad SMARTS) is 1. The number of benzene rings is 2. The number of carbonyl (C=O) groups excluding carboxylic acids is 2. The smallest absolute Gasteiger partial charge is 0.394 e. The Hall–Kier alpha value is -3.66. The van der Waals surface area contributed by atoms with Gasteiger partial charge in [-0.3, -0.25) is 9.59 Å². The third-order valence-electron chi connectivity index (χ3n) is 6.31. The van der Waals surface area contributed by atoms with Crippen molar-refractivity contribution in [2.24, 2.45) is 0 Å². The molecule has 0 bridgehead atoms. The van der Waals surface area contributed by atoms with Gasteiger partial charge in [0.2, 0.25) is 0 Å². The van der Waals surface area contributed by atoms with Gasteiger partial charge in [-0.2, -0.15) is 5.26 Å². The molecule has 0 saturated carbocycles. The van der Waals surface area contributed by atoms with Crippen LogP contribution in [0.2, 0.25) is 0 Å². The molecular formula is C30H39N3O4. The lowest BCUT2D eigenvalue weighted by Crippen LogP contribution is -2.35. The predicted molar refractivity (Wildman–Crippen MR) is 144 cm³/mol. The maximum absolute atomic E-state index is 12.6. The summed E-state index contributed by atoms with van der Waals surface area (Å²) in [4.78, 5) is 37.5. The molecule has 0 heterocycles. The first-order valence-electron chi connectivity index (χ1n) is 13.3. The van der Waals surface area contributed by atoms with Crippen LogP contribution in [0, 0.1) is 11.3 Å². The molecule has 2 aromatic rings. The first-order chi connectivity index (χ1) is 17.9. The van der Waals surface area contributed by atoms with E-state index in [1.807, 2.05) is 6.07 Å². The Morgan fingerprint density at radius 1 is 0.838 bits per heavy atom.